The van der Waals surface area contributed by atoms with Crippen molar-refractivity contribution in [2.45, 2.75) is 37.8 Å². The number of hydrogen-bond acceptors (Lipinski definition) is 2. The Morgan fingerprint density at radius 2 is 2.00 bits per heavy atom. The molecule has 110 valence electrons. The highest BCUT2D eigenvalue weighted by molar-refractivity contribution is 9.10. The van der Waals surface area contributed by atoms with Gasteiger partial charge in [-0.2, -0.15) is 0 Å². The van der Waals surface area contributed by atoms with Crippen LogP contribution in [0.2, 0.25) is 0 Å². The zero-order chi connectivity index (χ0) is 14.8. The number of rotatable bonds is 3. The van der Waals surface area contributed by atoms with Crippen LogP contribution in [0.5, 0.6) is 5.75 Å². The van der Waals surface area contributed by atoms with Crippen LogP contribution in [-0.4, -0.2) is 6.10 Å². The second-order valence-electron chi connectivity index (χ2n) is 5.81. The fourth-order valence-electron chi connectivity index (χ4n) is 3.01. The highest BCUT2D eigenvalue weighted by atomic mass is 79.9. The number of benzene rings is 2. The van der Waals surface area contributed by atoms with Gasteiger partial charge in [-0.25, -0.2) is 0 Å². The van der Waals surface area contributed by atoms with Gasteiger partial charge in [0, 0.05) is 22.5 Å². The minimum atomic E-state index is 0.0647. The lowest BCUT2D eigenvalue weighted by Crippen LogP contribution is -2.30. The van der Waals surface area contributed by atoms with Crippen molar-refractivity contribution in [2.75, 3.05) is 0 Å². The van der Waals surface area contributed by atoms with Crippen molar-refractivity contribution >= 4 is 15.9 Å². The Balaban J connectivity index is 1.74. The summed E-state index contributed by atoms with van der Waals surface area (Å²) in [6, 6.07) is 16.8. The summed E-state index contributed by atoms with van der Waals surface area (Å²) >= 11 is 3.50. The van der Waals surface area contributed by atoms with Crippen LogP contribution in [0.15, 0.2) is 53.0 Å². The summed E-state index contributed by atoms with van der Waals surface area (Å²) in [5.41, 5.74) is 8.77. The SMILES string of the molecule is CC(CC1C[C@H](N)c2ccc(Br)cc2O1)c1ccccc1. The maximum absolute atomic E-state index is 6.31. The minimum absolute atomic E-state index is 0.0647. The molecule has 3 rings (SSSR count). The monoisotopic (exact) mass is 345 g/mol. The zero-order valence-corrected chi connectivity index (χ0v) is 13.7. The highest BCUT2D eigenvalue weighted by Gasteiger charge is 2.27. The molecule has 0 amide bonds. The molecule has 2 nitrogen and oxygen atoms in total. The Morgan fingerprint density at radius 3 is 2.76 bits per heavy atom. The van der Waals surface area contributed by atoms with Crippen molar-refractivity contribution in [3.8, 4) is 5.75 Å². The molecular weight excluding hydrogens is 326 g/mol. The maximum Gasteiger partial charge on any atom is 0.125 e. The first-order valence-electron chi connectivity index (χ1n) is 7.40. The fraction of sp³-hybridized carbons (Fsp3) is 0.333. The van der Waals surface area contributed by atoms with Crippen molar-refractivity contribution in [1.29, 1.82) is 0 Å². The number of nitrogens with two attached hydrogens (primary N) is 1. The molecule has 2 aromatic rings. The molecule has 0 aliphatic carbocycles. The van der Waals surface area contributed by atoms with Gasteiger partial charge in [0.15, 0.2) is 0 Å². The van der Waals surface area contributed by atoms with E-state index in [1.807, 2.05) is 12.1 Å². The molecule has 0 fully saturated rings. The standard InChI is InChI=1S/C18H20BrNO/c1-12(13-5-3-2-4-6-13)9-15-11-17(20)16-8-7-14(19)10-18(16)21-15/h2-8,10,12,15,17H,9,11,20H2,1H3/t12?,15?,17-/m0/s1. The van der Waals surface area contributed by atoms with Crippen LogP contribution in [0.3, 0.4) is 0 Å². The molecule has 2 N–H and O–H groups in total. The Labute approximate surface area is 134 Å². The average molecular weight is 346 g/mol. The molecule has 0 spiro atoms. The molecule has 1 aliphatic heterocycles. The van der Waals surface area contributed by atoms with Crippen molar-refractivity contribution in [1.82, 2.24) is 0 Å². The van der Waals surface area contributed by atoms with E-state index in [0.717, 1.165) is 28.6 Å². The molecular formula is C18H20BrNO. The summed E-state index contributed by atoms with van der Waals surface area (Å²) in [4.78, 5) is 0. The lowest BCUT2D eigenvalue weighted by Gasteiger charge is -2.32. The first-order chi connectivity index (χ1) is 10.1. The van der Waals surface area contributed by atoms with Gasteiger partial charge < -0.3 is 10.5 Å². The molecule has 0 saturated carbocycles. The van der Waals surface area contributed by atoms with Gasteiger partial charge in [-0.05, 0) is 30.0 Å². The van der Waals surface area contributed by atoms with Gasteiger partial charge >= 0.3 is 0 Å². The minimum Gasteiger partial charge on any atom is -0.490 e. The summed E-state index contributed by atoms with van der Waals surface area (Å²) in [7, 11) is 0. The topological polar surface area (TPSA) is 35.2 Å². The van der Waals surface area contributed by atoms with E-state index in [1.165, 1.54) is 5.56 Å². The van der Waals surface area contributed by atoms with Gasteiger partial charge in [-0.15, -0.1) is 0 Å². The molecule has 21 heavy (non-hydrogen) atoms. The van der Waals surface area contributed by atoms with Gasteiger partial charge in [0.2, 0.25) is 0 Å². The normalized spacial score (nSPS) is 22.2. The van der Waals surface area contributed by atoms with E-state index < -0.39 is 0 Å². The highest BCUT2D eigenvalue weighted by Crippen LogP contribution is 2.37. The molecule has 1 aliphatic rings. The van der Waals surface area contributed by atoms with Crippen LogP contribution in [0.4, 0.5) is 0 Å². The van der Waals surface area contributed by atoms with Crippen LogP contribution in [0.25, 0.3) is 0 Å². The third-order valence-electron chi connectivity index (χ3n) is 4.17. The molecule has 3 heteroatoms. The molecule has 3 atom stereocenters. The first-order valence-corrected chi connectivity index (χ1v) is 8.19. The fourth-order valence-corrected chi connectivity index (χ4v) is 3.35. The quantitative estimate of drug-likeness (QED) is 0.867. The second kappa shape index (κ2) is 6.20. The molecule has 0 radical (unpaired) electrons. The van der Waals surface area contributed by atoms with E-state index in [0.29, 0.717) is 5.92 Å². The summed E-state index contributed by atoms with van der Waals surface area (Å²) < 4.78 is 7.20. The third-order valence-corrected chi connectivity index (χ3v) is 4.66. The van der Waals surface area contributed by atoms with E-state index in [-0.39, 0.29) is 12.1 Å². The van der Waals surface area contributed by atoms with E-state index in [2.05, 4.69) is 59.3 Å². The van der Waals surface area contributed by atoms with E-state index in [4.69, 9.17) is 10.5 Å². The van der Waals surface area contributed by atoms with Crippen LogP contribution in [-0.2, 0) is 0 Å². The number of fused-ring (bicyclic) bond motifs is 1. The molecule has 1 heterocycles. The van der Waals surface area contributed by atoms with Crippen LogP contribution in [0, 0.1) is 0 Å². The molecule has 0 saturated heterocycles. The number of hydrogen-bond donors (Lipinski definition) is 1. The van der Waals surface area contributed by atoms with Gasteiger partial charge in [-0.1, -0.05) is 59.3 Å². The van der Waals surface area contributed by atoms with Crippen molar-refractivity contribution in [2.24, 2.45) is 5.73 Å². The summed E-state index contributed by atoms with van der Waals surface area (Å²) in [6.45, 7) is 2.25. The Morgan fingerprint density at radius 1 is 1.24 bits per heavy atom. The van der Waals surface area contributed by atoms with Crippen molar-refractivity contribution in [3.05, 3.63) is 64.1 Å². The van der Waals surface area contributed by atoms with E-state index in [9.17, 15) is 0 Å². The summed E-state index contributed by atoms with van der Waals surface area (Å²) in [5, 5.41) is 0. The van der Waals surface area contributed by atoms with Crippen LogP contribution in [0.1, 0.15) is 42.9 Å². The maximum atomic E-state index is 6.31. The van der Waals surface area contributed by atoms with Crippen molar-refractivity contribution in [3.63, 3.8) is 0 Å². The molecule has 0 aromatic heterocycles. The average Bonchev–Trinajstić information content (AvgIpc) is 2.47. The lowest BCUT2D eigenvalue weighted by molar-refractivity contribution is 0.143. The van der Waals surface area contributed by atoms with Gasteiger partial charge in [0.1, 0.15) is 11.9 Å². The number of halogens is 1. The van der Waals surface area contributed by atoms with Crippen LogP contribution >= 0.6 is 15.9 Å². The molecule has 2 unspecified atom stereocenters. The second-order valence-corrected chi connectivity index (χ2v) is 6.73. The Hall–Kier alpha value is -1.32. The summed E-state index contributed by atoms with van der Waals surface area (Å²) in [6.07, 6.45) is 2.05. The van der Waals surface area contributed by atoms with E-state index >= 15 is 0 Å². The largest absolute Gasteiger partial charge is 0.490 e. The molecule has 0 bridgehead atoms. The third kappa shape index (κ3) is 3.30. The van der Waals surface area contributed by atoms with Gasteiger partial charge in [-0.3, -0.25) is 0 Å². The van der Waals surface area contributed by atoms with E-state index in [1.54, 1.807) is 0 Å². The lowest BCUT2D eigenvalue weighted by atomic mass is 9.89. The van der Waals surface area contributed by atoms with Crippen LogP contribution < -0.4 is 10.5 Å². The summed E-state index contributed by atoms with van der Waals surface area (Å²) in [5.74, 6) is 1.39. The Bertz CT molecular complexity index is 614. The van der Waals surface area contributed by atoms with Crippen molar-refractivity contribution < 1.29 is 4.74 Å². The molecule has 2 aromatic carbocycles. The van der Waals surface area contributed by atoms with Gasteiger partial charge in [0.05, 0.1) is 0 Å². The predicted octanol–water partition coefficient (Wildman–Crippen LogP) is 4.79. The smallest absolute Gasteiger partial charge is 0.125 e. The van der Waals surface area contributed by atoms with Gasteiger partial charge in [0.25, 0.3) is 0 Å². The number of ether oxygens (including phenoxy) is 1. The first kappa shape index (κ1) is 14.6. The predicted molar refractivity (Wildman–Crippen MR) is 89.6 cm³/mol. The zero-order valence-electron chi connectivity index (χ0n) is 12.1. The Kier molecular flexibility index (Phi) is 4.32.